The van der Waals surface area contributed by atoms with Crippen molar-refractivity contribution in [2.75, 3.05) is 0 Å². The van der Waals surface area contributed by atoms with Gasteiger partial charge in [0.25, 0.3) is 0 Å². The Hall–Kier alpha value is -2.79. The fourth-order valence-corrected chi connectivity index (χ4v) is 3.48. The van der Waals surface area contributed by atoms with Crippen LogP contribution in [0.25, 0.3) is 22.3 Å². The quantitative estimate of drug-likeness (QED) is 0.332. The van der Waals surface area contributed by atoms with E-state index in [9.17, 15) is 9.59 Å². The van der Waals surface area contributed by atoms with E-state index in [1.807, 2.05) is 6.07 Å². The molecule has 4 rings (SSSR count). The van der Waals surface area contributed by atoms with Crippen molar-refractivity contribution in [3.8, 4) is 17.1 Å². The third-order valence-corrected chi connectivity index (χ3v) is 4.98. The fourth-order valence-electron chi connectivity index (χ4n) is 2.83. The molecule has 0 amide bonds. The monoisotopic (exact) mass is 444 g/mol. The van der Waals surface area contributed by atoms with Crippen LogP contribution in [-0.2, 0) is 0 Å². The Morgan fingerprint density at radius 1 is 0.862 bits per heavy atom. The first-order valence-corrected chi connectivity index (χ1v) is 9.56. The van der Waals surface area contributed by atoms with Crippen molar-refractivity contribution in [2.24, 2.45) is 0 Å². The fraction of sp³-hybridized carbons (Fsp3) is 0. The molecule has 0 N–H and O–H groups in total. The Balaban J connectivity index is 1.90. The minimum Gasteiger partial charge on any atom is -0.452 e. The van der Waals surface area contributed by atoms with E-state index in [0.717, 1.165) is 0 Å². The maximum absolute atomic E-state index is 13.1. The SMILES string of the molecule is O=C(Oc1c(-c2ccccc2)oc2ccc(Cl)cc2c1=O)c1ccc(Cl)cc1Cl. The molecular weight excluding hydrogens is 435 g/mol. The smallest absolute Gasteiger partial charge is 0.345 e. The molecule has 1 aromatic heterocycles. The van der Waals surface area contributed by atoms with Crippen LogP contribution in [0.4, 0.5) is 0 Å². The molecule has 7 heteroatoms. The lowest BCUT2D eigenvalue weighted by molar-refractivity contribution is 0.0731. The second-order valence-corrected chi connectivity index (χ2v) is 7.39. The number of halogens is 3. The summed E-state index contributed by atoms with van der Waals surface area (Å²) < 4.78 is 11.4. The highest BCUT2D eigenvalue weighted by Crippen LogP contribution is 2.32. The van der Waals surface area contributed by atoms with Crippen LogP contribution in [0.5, 0.6) is 5.75 Å². The second kappa shape index (κ2) is 7.91. The van der Waals surface area contributed by atoms with E-state index < -0.39 is 11.4 Å². The van der Waals surface area contributed by atoms with E-state index in [4.69, 9.17) is 44.0 Å². The zero-order chi connectivity index (χ0) is 20.5. The molecule has 144 valence electrons. The molecule has 0 saturated carbocycles. The van der Waals surface area contributed by atoms with E-state index >= 15 is 0 Å². The topological polar surface area (TPSA) is 56.5 Å². The van der Waals surface area contributed by atoms with Crippen LogP contribution in [0.15, 0.2) is 75.9 Å². The molecule has 3 aromatic carbocycles. The average molecular weight is 446 g/mol. The molecule has 0 fully saturated rings. The van der Waals surface area contributed by atoms with Gasteiger partial charge in [-0.3, -0.25) is 4.79 Å². The number of hydrogen-bond acceptors (Lipinski definition) is 4. The van der Waals surface area contributed by atoms with Gasteiger partial charge >= 0.3 is 5.97 Å². The third-order valence-electron chi connectivity index (χ3n) is 4.19. The lowest BCUT2D eigenvalue weighted by Crippen LogP contribution is -2.16. The lowest BCUT2D eigenvalue weighted by atomic mass is 10.1. The highest BCUT2D eigenvalue weighted by molar-refractivity contribution is 6.36. The van der Waals surface area contributed by atoms with Gasteiger partial charge in [-0.1, -0.05) is 65.1 Å². The highest BCUT2D eigenvalue weighted by atomic mass is 35.5. The number of carbonyl (C=O) groups excluding carboxylic acids is 1. The summed E-state index contributed by atoms with van der Waals surface area (Å²) in [6.45, 7) is 0. The maximum Gasteiger partial charge on any atom is 0.345 e. The Morgan fingerprint density at radius 2 is 1.55 bits per heavy atom. The summed E-state index contributed by atoms with van der Waals surface area (Å²) >= 11 is 18.0. The van der Waals surface area contributed by atoms with Gasteiger partial charge in [0.05, 0.1) is 16.0 Å². The predicted molar refractivity (Wildman–Crippen MR) is 114 cm³/mol. The Bertz CT molecular complexity index is 1300. The number of carbonyl (C=O) groups is 1. The molecule has 0 aliphatic rings. The Kier molecular flexibility index (Phi) is 5.33. The molecule has 0 atom stereocenters. The predicted octanol–water partition coefficient (Wildman–Crippen LogP) is 6.64. The van der Waals surface area contributed by atoms with E-state index in [0.29, 0.717) is 21.2 Å². The summed E-state index contributed by atoms with van der Waals surface area (Å²) in [5, 5.41) is 1.03. The molecule has 0 radical (unpaired) electrons. The van der Waals surface area contributed by atoms with Gasteiger partial charge in [-0.25, -0.2) is 4.79 Å². The van der Waals surface area contributed by atoms with Gasteiger partial charge < -0.3 is 9.15 Å². The molecular formula is C22H11Cl3O4. The highest BCUT2D eigenvalue weighted by Gasteiger charge is 2.22. The summed E-state index contributed by atoms with van der Waals surface area (Å²) in [7, 11) is 0. The molecule has 0 bridgehead atoms. The largest absolute Gasteiger partial charge is 0.452 e. The minimum absolute atomic E-state index is 0.0701. The lowest BCUT2D eigenvalue weighted by Gasteiger charge is -2.11. The van der Waals surface area contributed by atoms with Crippen molar-refractivity contribution >= 4 is 51.7 Å². The summed E-state index contributed by atoms with van der Waals surface area (Å²) in [5.74, 6) is -0.927. The van der Waals surface area contributed by atoms with Gasteiger partial charge in [-0.15, -0.1) is 0 Å². The van der Waals surface area contributed by atoms with Crippen LogP contribution in [0.1, 0.15) is 10.4 Å². The first kappa shape index (κ1) is 19.5. The summed E-state index contributed by atoms with van der Waals surface area (Å²) in [6.07, 6.45) is 0. The van der Waals surface area contributed by atoms with Crippen molar-refractivity contribution in [1.29, 1.82) is 0 Å². The van der Waals surface area contributed by atoms with Crippen LogP contribution in [0.2, 0.25) is 15.1 Å². The third kappa shape index (κ3) is 3.87. The van der Waals surface area contributed by atoms with Crippen molar-refractivity contribution in [3.63, 3.8) is 0 Å². The molecule has 0 saturated heterocycles. The van der Waals surface area contributed by atoms with E-state index in [1.54, 1.807) is 36.4 Å². The standard InChI is InChI=1S/C22H11Cl3O4/c23-13-7-9-18-16(10-13)19(26)21(20(28-18)12-4-2-1-3-5-12)29-22(27)15-8-6-14(24)11-17(15)25/h1-11H. The molecule has 1 heterocycles. The van der Waals surface area contributed by atoms with Crippen LogP contribution in [0.3, 0.4) is 0 Å². The first-order chi connectivity index (χ1) is 13.9. The van der Waals surface area contributed by atoms with Gasteiger partial charge in [0, 0.05) is 15.6 Å². The normalized spacial score (nSPS) is 10.9. The van der Waals surface area contributed by atoms with Crippen molar-refractivity contribution in [1.82, 2.24) is 0 Å². The van der Waals surface area contributed by atoms with Crippen molar-refractivity contribution in [2.45, 2.75) is 0 Å². The summed E-state index contributed by atoms with van der Waals surface area (Å²) in [4.78, 5) is 25.9. The van der Waals surface area contributed by atoms with Crippen LogP contribution in [0, 0.1) is 0 Å². The number of ether oxygens (including phenoxy) is 1. The molecule has 0 aliphatic carbocycles. The van der Waals surface area contributed by atoms with Crippen LogP contribution >= 0.6 is 34.8 Å². The maximum atomic E-state index is 13.1. The van der Waals surface area contributed by atoms with Gasteiger partial charge in [0.15, 0.2) is 5.76 Å². The Morgan fingerprint density at radius 3 is 2.28 bits per heavy atom. The number of fused-ring (bicyclic) bond motifs is 1. The van der Waals surface area contributed by atoms with Crippen LogP contribution in [-0.4, -0.2) is 5.97 Å². The van der Waals surface area contributed by atoms with Gasteiger partial charge in [-0.2, -0.15) is 0 Å². The number of hydrogen-bond donors (Lipinski definition) is 0. The zero-order valence-electron chi connectivity index (χ0n) is 14.6. The zero-order valence-corrected chi connectivity index (χ0v) is 16.9. The first-order valence-electron chi connectivity index (χ1n) is 8.43. The van der Waals surface area contributed by atoms with Crippen LogP contribution < -0.4 is 10.2 Å². The van der Waals surface area contributed by atoms with Crippen molar-refractivity contribution < 1.29 is 13.9 Å². The van der Waals surface area contributed by atoms with Crippen molar-refractivity contribution in [3.05, 3.63) is 97.6 Å². The van der Waals surface area contributed by atoms with E-state index in [1.165, 1.54) is 24.3 Å². The van der Waals surface area contributed by atoms with E-state index in [2.05, 4.69) is 0 Å². The molecule has 0 spiro atoms. The number of esters is 1. The Labute approximate surface area is 180 Å². The number of rotatable bonds is 3. The van der Waals surface area contributed by atoms with Gasteiger partial charge in [0.2, 0.25) is 11.2 Å². The molecule has 0 unspecified atom stereocenters. The number of benzene rings is 3. The second-order valence-electron chi connectivity index (χ2n) is 6.11. The molecule has 29 heavy (non-hydrogen) atoms. The molecule has 4 nitrogen and oxygen atoms in total. The molecule has 0 aliphatic heterocycles. The van der Waals surface area contributed by atoms with Gasteiger partial charge in [0.1, 0.15) is 5.58 Å². The summed E-state index contributed by atoms with van der Waals surface area (Å²) in [6, 6.07) is 17.9. The summed E-state index contributed by atoms with van der Waals surface area (Å²) in [5.41, 5.74) is 0.445. The molecule has 4 aromatic rings. The minimum atomic E-state index is -0.808. The van der Waals surface area contributed by atoms with E-state index in [-0.39, 0.29) is 27.5 Å². The van der Waals surface area contributed by atoms with Gasteiger partial charge in [-0.05, 0) is 36.4 Å². The average Bonchev–Trinajstić information content (AvgIpc) is 2.71.